The topological polar surface area (TPSA) is 67.4 Å². The summed E-state index contributed by atoms with van der Waals surface area (Å²) < 4.78 is 5.75. The number of amides is 2. The molecule has 5 heteroatoms. The van der Waals surface area contributed by atoms with Gasteiger partial charge in [0.05, 0.1) is 6.61 Å². The van der Waals surface area contributed by atoms with Gasteiger partial charge >= 0.3 is 0 Å². The molecular formula is C24H24N2O3. The lowest BCUT2D eigenvalue weighted by atomic mass is 10.1. The fourth-order valence-corrected chi connectivity index (χ4v) is 2.84. The molecule has 0 spiro atoms. The summed E-state index contributed by atoms with van der Waals surface area (Å²) in [6.45, 7) is 2.98. The van der Waals surface area contributed by atoms with Crippen LogP contribution in [-0.2, 0) is 6.42 Å². The normalized spacial score (nSPS) is 10.2. The van der Waals surface area contributed by atoms with Gasteiger partial charge in [0.2, 0.25) is 0 Å². The Morgan fingerprint density at radius 1 is 0.828 bits per heavy atom. The van der Waals surface area contributed by atoms with Gasteiger partial charge in [-0.2, -0.15) is 0 Å². The van der Waals surface area contributed by atoms with E-state index in [1.807, 2.05) is 25.1 Å². The van der Waals surface area contributed by atoms with Crippen molar-refractivity contribution in [2.24, 2.45) is 0 Å². The number of hydrogen-bond donors (Lipinski definition) is 2. The smallest absolute Gasteiger partial charge is 0.255 e. The molecule has 2 N–H and O–H groups in total. The van der Waals surface area contributed by atoms with Crippen molar-refractivity contribution in [3.8, 4) is 5.75 Å². The van der Waals surface area contributed by atoms with E-state index in [1.165, 1.54) is 5.56 Å². The highest BCUT2D eigenvalue weighted by Crippen LogP contribution is 2.16. The quantitative estimate of drug-likeness (QED) is 0.604. The van der Waals surface area contributed by atoms with Crippen LogP contribution in [-0.4, -0.2) is 25.0 Å². The first-order valence-corrected chi connectivity index (χ1v) is 9.62. The standard InChI is InChI=1S/C24H24N2O3/c1-2-25-23(27)20-9-6-10-21(17-20)26-24(28)19-11-13-22(14-12-19)29-16-15-18-7-4-3-5-8-18/h3-14,17H,2,15-16H2,1H3,(H,25,27)(H,26,28). The molecule has 0 saturated heterocycles. The molecule has 2 amide bonds. The van der Waals surface area contributed by atoms with E-state index < -0.39 is 0 Å². The van der Waals surface area contributed by atoms with Gasteiger partial charge in [0, 0.05) is 29.8 Å². The van der Waals surface area contributed by atoms with E-state index >= 15 is 0 Å². The van der Waals surface area contributed by atoms with Crippen molar-refractivity contribution in [1.82, 2.24) is 5.32 Å². The maximum Gasteiger partial charge on any atom is 0.255 e. The van der Waals surface area contributed by atoms with Crippen LogP contribution in [0.5, 0.6) is 5.75 Å². The molecule has 0 atom stereocenters. The van der Waals surface area contributed by atoms with Crippen molar-refractivity contribution in [1.29, 1.82) is 0 Å². The molecule has 3 aromatic rings. The van der Waals surface area contributed by atoms with Gasteiger partial charge in [0.15, 0.2) is 0 Å². The molecule has 148 valence electrons. The Labute approximate surface area is 170 Å². The number of rotatable bonds is 8. The number of carbonyl (C=O) groups excluding carboxylic acids is 2. The van der Waals surface area contributed by atoms with Gasteiger partial charge in [-0.1, -0.05) is 36.4 Å². The minimum absolute atomic E-state index is 0.166. The van der Waals surface area contributed by atoms with Gasteiger partial charge in [-0.3, -0.25) is 9.59 Å². The first-order valence-electron chi connectivity index (χ1n) is 9.62. The van der Waals surface area contributed by atoms with Crippen molar-refractivity contribution in [2.45, 2.75) is 13.3 Å². The highest BCUT2D eigenvalue weighted by molar-refractivity contribution is 6.05. The minimum Gasteiger partial charge on any atom is -0.493 e. The maximum atomic E-state index is 12.5. The second-order valence-corrected chi connectivity index (χ2v) is 6.50. The van der Waals surface area contributed by atoms with Gasteiger partial charge in [0.1, 0.15) is 5.75 Å². The van der Waals surface area contributed by atoms with Crippen molar-refractivity contribution in [3.63, 3.8) is 0 Å². The fourth-order valence-electron chi connectivity index (χ4n) is 2.84. The zero-order chi connectivity index (χ0) is 20.5. The molecule has 5 nitrogen and oxygen atoms in total. The number of ether oxygens (including phenoxy) is 1. The molecule has 0 aliphatic heterocycles. The third kappa shape index (κ3) is 5.94. The van der Waals surface area contributed by atoms with Crippen molar-refractivity contribution < 1.29 is 14.3 Å². The molecule has 0 fully saturated rings. The van der Waals surface area contributed by atoms with Crippen LogP contribution in [0.25, 0.3) is 0 Å². The Bertz CT molecular complexity index is 953. The lowest BCUT2D eigenvalue weighted by Gasteiger charge is -2.09. The molecule has 0 unspecified atom stereocenters. The van der Waals surface area contributed by atoms with Crippen LogP contribution < -0.4 is 15.4 Å². The maximum absolute atomic E-state index is 12.5. The highest BCUT2D eigenvalue weighted by atomic mass is 16.5. The van der Waals surface area contributed by atoms with Crippen LogP contribution in [0.15, 0.2) is 78.9 Å². The molecule has 0 aromatic heterocycles. The van der Waals surface area contributed by atoms with E-state index in [0.717, 1.165) is 12.2 Å². The summed E-state index contributed by atoms with van der Waals surface area (Å²) in [7, 11) is 0. The fraction of sp³-hybridized carbons (Fsp3) is 0.167. The van der Waals surface area contributed by atoms with E-state index in [4.69, 9.17) is 4.74 Å². The molecule has 0 bridgehead atoms. The average molecular weight is 388 g/mol. The van der Waals surface area contributed by atoms with Crippen LogP contribution in [0.2, 0.25) is 0 Å². The molecule has 0 aliphatic rings. The molecule has 29 heavy (non-hydrogen) atoms. The summed E-state index contributed by atoms with van der Waals surface area (Å²) in [5.74, 6) is 0.310. The molecule has 0 radical (unpaired) electrons. The summed E-state index contributed by atoms with van der Waals surface area (Å²) in [5.41, 5.74) is 2.82. The summed E-state index contributed by atoms with van der Waals surface area (Å²) >= 11 is 0. The van der Waals surface area contributed by atoms with Crippen molar-refractivity contribution in [3.05, 3.63) is 95.6 Å². The van der Waals surface area contributed by atoms with Gasteiger partial charge in [-0.15, -0.1) is 0 Å². The number of benzene rings is 3. The molecule has 0 saturated carbocycles. The monoisotopic (exact) mass is 388 g/mol. The predicted molar refractivity (Wildman–Crippen MR) is 114 cm³/mol. The summed E-state index contributed by atoms with van der Waals surface area (Å²) in [6, 6.07) is 24.0. The lowest BCUT2D eigenvalue weighted by Crippen LogP contribution is -2.22. The van der Waals surface area contributed by atoms with Gasteiger partial charge in [-0.25, -0.2) is 0 Å². The zero-order valence-electron chi connectivity index (χ0n) is 16.4. The van der Waals surface area contributed by atoms with E-state index in [2.05, 4.69) is 22.8 Å². The highest BCUT2D eigenvalue weighted by Gasteiger charge is 2.09. The van der Waals surface area contributed by atoms with Crippen molar-refractivity contribution >= 4 is 17.5 Å². The second-order valence-electron chi connectivity index (χ2n) is 6.50. The Morgan fingerprint density at radius 2 is 1.59 bits per heavy atom. The van der Waals surface area contributed by atoms with E-state index in [9.17, 15) is 9.59 Å². The predicted octanol–water partition coefficient (Wildman–Crippen LogP) is 4.31. The van der Waals surface area contributed by atoms with Crippen LogP contribution in [0.1, 0.15) is 33.2 Å². The van der Waals surface area contributed by atoms with Gasteiger partial charge in [-0.05, 0) is 55.0 Å². The number of hydrogen-bond acceptors (Lipinski definition) is 3. The van der Waals surface area contributed by atoms with Gasteiger partial charge < -0.3 is 15.4 Å². The van der Waals surface area contributed by atoms with Crippen molar-refractivity contribution in [2.75, 3.05) is 18.5 Å². The Kier molecular flexibility index (Phi) is 7.00. The Balaban J connectivity index is 1.55. The van der Waals surface area contributed by atoms with Crippen LogP contribution in [0.4, 0.5) is 5.69 Å². The third-order valence-electron chi connectivity index (χ3n) is 4.34. The lowest BCUT2D eigenvalue weighted by molar-refractivity contribution is 0.0954. The van der Waals surface area contributed by atoms with E-state index in [0.29, 0.717) is 30.0 Å². The third-order valence-corrected chi connectivity index (χ3v) is 4.34. The number of carbonyl (C=O) groups is 2. The largest absolute Gasteiger partial charge is 0.493 e. The molecule has 3 aromatic carbocycles. The first kappa shape index (κ1) is 20.1. The molecule has 0 aliphatic carbocycles. The first-order chi connectivity index (χ1) is 14.2. The second kappa shape index (κ2) is 10.1. The average Bonchev–Trinajstić information content (AvgIpc) is 2.75. The van der Waals surface area contributed by atoms with E-state index in [-0.39, 0.29) is 11.8 Å². The number of anilines is 1. The van der Waals surface area contributed by atoms with Crippen LogP contribution in [0.3, 0.4) is 0 Å². The minimum atomic E-state index is -0.242. The summed E-state index contributed by atoms with van der Waals surface area (Å²) in [4.78, 5) is 24.4. The zero-order valence-corrected chi connectivity index (χ0v) is 16.4. The summed E-state index contributed by atoms with van der Waals surface area (Å²) in [5, 5.41) is 5.56. The van der Waals surface area contributed by atoms with Crippen LogP contribution >= 0.6 is 0 Å². The molecule has 0 heterocycles. The molecular weight excluding hydrogens is 364 g/mol. The number of nitrogens with one attached hydrogen (secondary N) is 2. The molecule has 3 rings (SSSR count). The SMILES string of the molecule is CCNC(=O)c1cccc(NC(=O)c2ccc(OCCc3ccccc3)cc2)c1. The Morgan fingerprint density at radius 3 is 2.31 bits per heavy atom. The van der Waals surface area contributed by atoms with Crippen LogP contribution in [0, 0.1) is 0 Å². The van der Waals surface area contributed by atoms with E-state index in [1.54, 1.807) is 48.5 Å². The Hall–Kier alpha value is -3.60. The van der Waals surface area contributed by atoms with Gasteiger partial charge in [0.25, 0.3) is 11.8 Å². The summed E-state index contributed by atoms with van der Waals surface area (Å²) in [6.07, 6.45) is 0.824.